The number of aromatic carboxylic acids is 1. The molecule has 18 heavy (non-hydrogen) atoms. The number of rotatable bonds is 2. The smallest absolute Gasteiger partial charge is 0.358 e. The van der Waals surface area contributed by atoms with Crippen LogP contribution in [0.1, 0.15) is 21.7 Å². The summed E-state index contributed by atoms with van der Waals surface area (Å²) in [4.78, 5) is 10.9. The molecule has 0 aromatic carbocycles. The monoisotopic (exact) mass is 246 g/mol. The van der Waals surface area contributed by atoms with Gasteiger partial charge in [0, 0.05) is 7.05 Å². The van der Waals surface area contributed by atoms with E-state index in [4.69, 9.17) is 16.1 Å². The van der Waals surface area contributed by atoms with E-state index in [9.17, 15) is 4.79 Å². The molecule has 2 aromatic heterocycles. The van der Waals surface area contributed by atoms with Gasteiger partial charge in [0.2, 0.25) is 0 Å². The Morgan fingerprint density at radius 1 is 1.56 bits per heavy atom. The average molecular weight is 246 g/mol. The van der Waals surface area contributed by atoms with Crippen LogP contribution in [0.3, 0.4) is 0 Å². The summed E-state index contributed by atoms with van der Waals surface area (Å²) in [5.74, 6) is -0.835. The summed E-state index contributed by atoms with van der Waals surface area (Å²) in [5.41, 5.74) is 6.20. The van der Waals surface area contributed by atoms with E-state index >= 15 is 0 Å². The summed E-state index contributed by atoms with van der Waals surface area (Å²) in [6, 6.07) is 2.01. The van der Waals surface area contributed by atoms with Crippen molar-refractivity contribution in [2.45, 2.75) is 6.92 Å². The quantitative estimate of drug-likeness (QED) is 0.772. The van der Waals surface area contributed by atoms with Crippen LogP contribution in [-0.2, 0) is 7.05 Å². The van der Waals surface area contributed by atoms with Gasteiger partial charge >= 0.3 is 5.97 Å². The molecule has 0 aliphatic carbocycles. The Hall–Kier alpha value is -2.82. The standard InChI is InChI=1S/C10H10N6O2/c1-5-6(3-11)9(15(2)13-5)16-4-7(12)8(14-16)10(17)18/h4H,12H2,1-2H3,(H,17,18). The second-order valence-electron chi connectivity index (χ2n) is 3.70. The Balaban J connectivity index is 2.67. The van der Waals surface area contributed by atoms with Crippen LogP contribution in [0.5, 0.6) is 0 Å². The van der Waals surface area contributed by atoms with E-state index in [-0.39, 0.29) is 11.4 Å². The van der Waals surface area contributed by atoms with Gasteiger partial charge < -0.3 is 10.8 Å². The number of nitriles is 1. The van der Waals surface area contributed by atoms with Crippen LogP contribution in [0.4, 0.5) is 5.69 Å². The Labute approximate surface area is 102 Å². The molecule has 0 aliphatic rings. The van der Waals surface area contributed by atoms with Crippen LogP contribution in [-0.4, -0.2) is 30.6 Å². The minimum absolute atomic E-state index is 0.0326. The molecule has 0 fully saturated rings. The summed E-state index contributed by atoms with van der Waals surface area (Å²) < 4.78 is 2.70. The molecule has 2 aromatic rings. The first-order chi connectivity index (χ1) is 8.45. The first kappa shape index (κ1) is 11.7. The van der Waals surface area contributed by atoms with Crippen LogP contribution in [0, 0.1) is 18.3 Å². The molecule has 0 amide bonds. The second-order valence-corrected chi connectivity index (χ2v) is 3.70. The number of carboxylic acid groups (broad SMARTS) is 1. The molecule has 3 N–H and O–H groups in total. The number of hydrogen-bond acceptors (Lipinski definition) is 5. The lowest BCUT2D eigenvalue weighted by Crippen LogP contribution is -2.07. The molecule has 2 rings (SSSR count). The molecule has 0 spiro atoms. The highest BCUT2D eigenvalue weighted by molar-refractivity contribution is 5.91. The van der Waals surface area contributed by atoms with E-state index in [1.54, 1.807) is 14.0 Å². The minimum Gasteiger partial charge on any atom is -0.476 e. The van der Waals surface area contributed by atoms with Crippen molar-refractivity contribution in [2.75, 3.05) is 5.73 Å². The van der Waals surface area contributed by atoms with Crippen LogP contribution >= 0.6 is 0 Å². The first-order valence-corrected chi connectivity index (χ1v) is 4.98. The van der Waals surface area contributed by atoms with Crippen molar-refractivity contribution in [3.05, 3.63) is 23.1 Å². The predicted molar refractivity (Wildman–Crippen MR) is 61.2 cm³/mol. The molecule has 0 bridgehead atoms. The van der Waals surface area contributed by atoms with Gasteiger partial charge in [-0.05, 0) is 6.92 Å². The highest BCUT2D eigenvalue weighted by Gasteiger charge is 2.19. The number of aryl methyl sites for hydroxylation is 2. The lowest BCUT2D eigenvalue weighted by Gasteiger charge is -2.01. The Morgan fingerprint density at radius 3 is 2.72 bits per heavy atom. The summed E-state index contributed by atoms with van der Waals surface area (Å²) in [7, 11) is 1.64. The van der Waals surface area contributed by atoms with Gasteiger partial charge in [-0.1, -0.05) is 0 Å². The molecule has 0 saturated heterocycles. The largest absolute Gasteiger partial charge is 0.476 e. The number of hydrogen-bond donors (Lipinski definition) is 2. The van der Waals surface area contributed by atoms with Crippen molar-refractivity contribution in [2.24, 2.45) is 7.05 Å². The van der Waals surface area contributed by atoms with E-state index in [1.807, 2.05) is 6.07 Å². The fraction of sp³-hybridized carbons (Fsp3) is 0.200. The number of carbonyl (C=O) groups is 1. The van der Waals surface area contributed by atoms with E-state index in [1.165, 1.54) is 15.6 Å². The maximum absolute atomic E-state index is 10.9. The van der Waals surface area contributed by atoms with Gasteiger partial charge in [0.25, 0.3) is 0 Å². The van der Waals surface area contributed by atoms with Crippen molar-refractivity contribution in [3.8, 4) is 11.9 Å². The summed E-state index contributed by atoms with van der Waals surface area (Å²) in [6.07, 6.45) is 1.35. The third kappa shape index (κ3) is 1.58. The topological polar surface area (TPSA) is 123 Å². The number of nitrogens with two attached hydrogens (primary N) is 1. The van der Waals surface area contributed by atoms with Crippen molar-refractivity contribution in [1.82, 2.24) is 19.6 Å². The Morgan fingerprint density at radius 2 is 2.22 bits per heavy atom. The zero-order valence-corrected chi connectivity index (χ0v) is 9.75. The van der Waals surface area contributed by atoms with Crippen LogP contribution < -0.4 is 5.73 Å². The normalized spacial score (nSPS) is 10.3. The molecule has 0 unspecified atom stereocenters. The average Bonchev–Trinajstić information content (AvgIpc) is 2.78. The first-order valence-electron chi connectivity index (χ1n) is 4.98. The lowest BCUT2D eigenvalue weighted by atomic mass is 10.3. The molecule has 0 aliphatic heterocycles. The van der Waals surface area contributed by atoms with Crippen molar-refractivity contribution < 1.29 is 9.90 Å². The van der Waals surface area contributed by atoms with Gasteiger partial charge in [-0.25, -0.2) is 14.2 Å². The predicted octanol–water partition coefficient (Wildman–Crippen LogP) is 0.0663. The number of anilines is 1. The number of carboxylic acids is 1. The van der Waals surface area contributed by atoms with Crippen LogP contribution in [0.2, 0.25) is 0 Å². The lowest BCUT2D eigenvalue weighted by molar-refractivity contribution is 0.0691. The fourth-order valence-electron chi connectivity index (χ4n) is 1.70. The van der Waals surface area contributed by atoms with Crippen molar-refractivity contribution in [3.63, 3.8) is 0 Å². The summed E-state index contributed by atoms with van der Waals surface area (Å²) in [5, 5.41) is 25.9. The van der Waals surface area contributed by atoms with Crippen LogP contribution in [0.15, 0.2) is 6.20 Å². The Bertz CT molecular complexity index is 675. The number of nitrogen functional groups attached to an aromatic ring is 1. The number of nitrogens with zero attached hydrogens (tertiary/aromatic N) is 5. The molecule has 2 heterocycles. The molecule has 0 radical (unpaired) electrons. The maximum Gasteiger partial charge on any atom is 0.358 e. The van der Waals surface area contributed by atoms with Gasteiger partial charge in [0.05, 0.1) is 17.6 Å². The molecule has 92 valence electrons. The highest BCUT2D eigenvalue weighted by Crippen LogP contribution is 2.19. The molecule has 0 saturated carbocycles. The Kier molecular flexibility index (Phi) is 2.52. The van der Waals surface area contributed by atoms with Crippen molar-refractivity contribution >= 4 is 11.7 Å². The summed E-state index contributed by atoms with van der Waals surface area (Å²) in [6.45, 7) is 1.69. The van der Waals surface area contributed by atoms with Crippen LogP contribution in [0.25, 0.3) is 5.82 Å². The van der Waals surface area contributed by atoms with E-state index in [0.29, 0.717) is 17.1 Å². The summed E-state index contributed by atoms with van der Waals surface area (Å²) >= 11 is 0. The van der Waals surface area contributed by atoms with Crippen molar-refractivity contribution in [1.29, 1.82) is 5.26 Å². The van der Waals surface area contributed by atoms with E-state index in [2.05, 4.69) is 10.2 Å². The van der Waals surface area contributed by atoms with E-state index < -0.39 is 5.97 Å². The fourth-order valence-corrected chi connectivity index (χ4v) is 1.70. The molecule has 8 nitrogen and oxygen atoms in total. The van der Waals surface area contributed by atoms with E-state index in [0.717, 1.165) is 0 Å². The van der Waals surface area contributed by atoms with Gasteiger partial charge in [0.15, 0.2) is 11.5 Å². The maximum atomic E-state index is 10.9. The zero-order chi connectivity index (χ0) is 13.4. The SMILES string of the molecule is Cc1nn(C)c(-n2cc(N)c(C(=O)O)n2)c1C#N. The third-order valence-electron chi connectivity index (χ3n) is 2.47. The molecule has 0 atom stereocenters. The second kappa shape index (κ2) is 3.89. The number of aromatic nitrogens is 4. The van der Waals surface area contributed by atoms with Gasteiger partial charge in [0.1, 0.15) is 11.6 Å². The van der Waals surface area contributed by atoms with Gasteiger partial charge in [-0.3, -0.25) is 0 Å². The third-order valence-corrected chi connectivity index (χ3v) is 2.47. The minimum atomic E-state index is -1.22. The molecular formula is C10H10N6O2. The highest BCUT2D eigenvalue weighted by atomic mass is 16.4. The van der Waals surface area contributed by atoms with Gasteiger partial charge in [-0.2, -0.15) is 15.5 Å². The van der Waals surface area contributed by atoms with Gasteiger partial charge in [-0.15, -0.1) is 0 Å². The zero-order valence-electron chi connectivity index (χ0n) is 9.75. The molecular weight excluding hydrogens is 236 g/mol. The molecule has 8 heteroatoms.